The first kappa shape index (κ1) is 19.8. The zero-order valence-corrected chi connectivity index (χ0v) is 16.8. The minimum Gasteiger partial charge on any atom is -0.342 e. The van der Waals surface area contributed by atoms with Crippen molar-refractivity contribution in [3.63, 3.8) is 0 Å². The molecule has 4 rings (SSSR count). The van der Waals surface area contributed by atoms with E-state index in [1.54, 1.807) is 17.0 Å². The van der Waals surface area contributed by atoms with Crippen molar-refractivity contribution in [2.45, 2.75) is 62.6 Å². The van der Waals surface area contributed by atoms with E-state index in [2.05, 4.69) is 39.9 Å². The number of hydrogen-bond donors (Lipinski definition) is 6. The number of rotatable bonds is 3. The number of alkyl halides is 1. The van der Waals surface area contributed by atoms with E-state index in [4.69, 9.17) is 5.73 Å². The molecule has 0 aliphatic carbocycles. The zero-order chi connectivity index (χ0) is 19.1. The fourth-order valence-corrected chi connectivity index (χ4v) is 6.42. The van der Waals surface area contributed by atoms with E-state index in [1.165, 1.54) is 12.8 Å². The first-order valence-corrected chi connectivity index (χ1v) is 10.9. The minimum absolute atomic E-state index is 0.0126. The SMILES string of the molecule is CC1NCCCC1C1C(C)NSC1NC(=O)C1C(N)NN2CC(F)CNC12. The van der Waals surface area contributed by atoms with Crippen molar-refractivity contribution < 1.29 is 9.18 Å². The molecule has 0 bridgehead atoms. The Kier molecular flexibility index (Phi) is 5.94. The number of nitrogens with one attached hydrogen (secondary N) is 5. The molecule has 9 unspecified atom stereocenters. The topological polar surface area (TPSA) is 106 Å². The largest absolute Gasteiger partial charge is 0.342 e. The van der Waals surface area contributed by atoms with Crippen molar-refractivity contribution in [1.82, 2.24) is 31.1 Å². The van der Waals surface area contributed by atoms with Gasteiger partial charge in [0, 0.05) is 31.1 Å². The van der Waals surface area contributed by atoms with Gasteiger partial charge < -0.3 is 16.4 Å². The summed E-state index contributed by atoms with van der Waals surface area (Å²) in [7, 11) is 0. The van der Waals surface area contributed by atoms with Gasteiger partial charge in [0.2, 0.25) is 5.91 Å². The second-order valence-electron chi connectivity index (χ2n) is 8.36. The van der Waals surface area contributed by atoms with Gasteiger partial charge in [0.05, 0.1) is 23.6 Å². The van der Waals surface area contributed by atoms with E-state index >= 15 is 0 Å². The Morgan fingerprint density at radius 2 is 2.11 bits per heavy atom. The lowest BCUT2D eigenvalue weighted by molar-refractivity contribution is -0.127. The van der Waals surface area contributed by atoms with Gasteiger partial charge in [-0.25, -0.2) is 14.8 Å². The van der Waals surface area contributed by atoms with Crippen LogP contribution in [0.3, 0.4) is 0 Å². The van der Waals surface area contributed by atoms with Crippen LogP contribution in [0, 0.1) is 17.8 Å². The van der Waals surface area contributed by atoms with Gasteiger partial charge in [0.25, 0.3) is 0 Å². The number of hydrazine groups is 1. The minimum atomic E-state index is -0.956. The van der Waals surface area contributed by atoms with Crippen LogP contribution < -0.4 is 31.8 Å². The highest BCUT2D eigenvalue weighted by Gasteiger charge is 2.49. The maximum Gasteiger partial charge on any atom is 0.230 e. The molecule has 1 amide bonds. The monoisotopic (exact) mass is 401 g/mol. The summed E-state index contributed by atoms with van der Waals surface area (Å²) in [6, 6.07) is 0.776. The second kappa shape index (κ2) is 8.10. The fraction of sp³-hybridized carbons (Fsp3) is 0.941. The number of halogens is 1. The van der Waals surface area contributed by atoms with Crippen LogP contribution in [0.5, 0.6) is 0 Å². The number of nitrogens with two attached hydrogens (primary N) is 1. The highest BCUT2D eigenvalue weighted by Crippen LogP contribution is 2.38. The first-order valence-electron chi connectivity index (χ1n) is 10.1. The number of fused-ring (bicyclic) bond motifs is 1. The third-order valence-electron chi connectivity index (χ3n) is 6.53. The van der Waals surface area contributed by atoms with E-state index in [1.807, 2.05) is 0 Å². The number of carbonyl (C=O) groups is 1. The molecule has 4 fully saturated rings. The van der Waals surface area contributed by atoms with E-state index < -0.39 is 18.3 Å². The van der Waals surface area contributed by atoms with Crippen LogP contribution in [0.15, 0.2) is 0 Å². The maximum absolute atomic E-state index is 13.6. The highest BCUT2D eigenvalue weighted by molar-refractivity contribution is 7.98. The summed E-state index contributed by atoms with van der Waals surface area (Å²) in [5.41, 5.74) is 9.23. The first-order chi connectivity index (χ1) is 13.0. The van der Waals surface area contributed by atoms with E-state index in [-0.39, 0.29) is 30.5 Å². The van der Waals surface area contributed by atoms with E-state index in [9.17, 15) is 9.18 Å². The number of nitrogens with zero attached hydrogens (tertiary/aromatic N) is 1. The van der Waals surface area contributed by atoms with Gasteiger partial charge in [-0.05, 0) is 39.2 Å². The Hall–Kier alpha value is -0.490. The van der Waals surface area contributed by atoms with Crippen LogP contribution in [0.2, 0.25) is 0 Å². The van der Waals surface area contributed by atoms with Crippen LogP contribution >= 0.6 is 11.9 Å². The second-order valence-corrected chi connectivity index (χ2v) is 9.34. The van der Waals surface area contributed by atoms with Gasteiger partial charge >= 0.3 is 0 Å². The Balaban J connectivity index is 1.43. The molecule has 7 N–H and O–H groups in total. The lowest BCUT2D eigenvalue weighted by Crippen LogP contribution is -2.59. The number of amides is 1. The number of carbonyl (C=O) groups excluding carboxylic acids is 1. The van der Waals surface area contributed by atoms with Crippen molar-refractivity contribution in [3.8, 4) is 0 Å². The summed E-state index contributed by atoms with van der Waals surface area (Å²) < 4.78 is 17.1. The molecule has 4 heterocycles. The highest BCUT2D eigenvalue weighted by atomic mass is 32.2. The molecular weight excluding hydrogens is 369 g/mol. The van der Waals surface area contributed by atoms with Crippen molar-refractivity contribution in [2.24, 2.45) is 23.5 Å². The summed E-state index contributed by atoms with van der Waals surface area (Å²) in [6.07, 6.45) is 0.614. The molecule has 0 spiro atoms. The summed E-state index contributed by atoms with van der Waals surface area (Å²) in [4.78, 5) is 13.1. The van der Waals surface area contributed by atoms with Crippen molar-refractivity contribution in [3.05, 3.63) is 0 Å². The van der Waals surface area contributed by atoms with Crippen LogP contribution in [0.1, 0.15) is 26.7 Å². The molecule has 27 heavy (non-hydrogen) atoms. The number of piperidine rings is 1. The van der Waals surface area contributed by atoms with Crippen LogP contribution in [-0.4, -0.2) is 66.5 Å². The van der Waals surface area contributed by atoms with Gasteiger partial charge in [-0.2, -0.15) is 0 Å². The molecule has 8 nitrogen and oxygen atoms in total. The van der Waals surface area contributed by atoms with Crippen molar-refractivity contribution >= 4 is 17.9 Å². The molecule has 154 valence electrons. The molecule has 0 aromatic carbocycles. The standard InChI is InChI=1S/C17H32FN7OS/c1-8-11(4-3-5-20-8)12-9(2)24-27-17(12)22-16(26)13-14(19)23-25-7-10(18)6-21-15(13)25/h8-15,17,20-21,23-24H,3-7,19H2,1-2H3,(H,22,26). The Morgan fingerprint density at radius 3 is 2.89 bits per heavy atom. The summed E-state index contributed by atoms with van der Waals surface area (Å²) in [6.45, 7) is 6.01. The van der Waals surface area contributed by atoms with Crippen LogP contribution in [-0.2, 0) is 4.79 Å². The average molecular weight is 402 g/mol. The van der Waals surface area contributed by atoms with Crippen LogP contribution in [0.25, 0.3) is 0 Å². The third-order valence-corrected chi connectivity index (χ3v) is 7.73. The maximum atomic E-state index is 13.6. The van der Waals surface area contributed by atoms with Crippen molar-refractivity contribution in [1.29, 1.82) is 0 Å². The lowest BCUT2D eigenvalue weighted by atomic mass is 9.77. The normalized spacial score (nSPS) is 48.4. The predicted octanol–water partition coefficient (Wildman–Crippen LogP) is -0.938. The predicted molar refractivity (Wildman–Crippen MR) is 104 cm³/mol. The Bertz CT molecular complexity index is 557. The summed E-state index contributed by atoms with van der Waals surface area (Å²) in [5.74, 6) is 0.366. The van der Waals surface area contributed by atoms with Gasteiger partial charge in [-0.1, -0.05) is 11.9 Å². The van der Waals surface area contributed by atoms with Crippen LogP contribution in [0.4, 0.5) is 4.39 Å². The summed E-state index contributed by atoms with van der Waals surface area (Å²) in [5, 5.41) is 11.7. The molecule has 10 heteroatoms. The van der Waals surface area contributed by atoms with E-state index in [0.29, 0.717) is 23.9 Å². The Morgan fingerprint density at radius 1 is 1.30 bits per heavy atom. The fourth-order valence-electron chi connectivity index (χ4n) is 5.13. The summed E-state index contributed by atoms with van der Waals surface area (Å²) >= 11 is 1.61. The third kappa shape index (κ3) is 3.85. The zero-order valence-electron chi connectivity index (χ0n) is 16.0. The molecule has 4 saturated heterocycles. The number of hydrogen-bond acceptors (Lipinski definition) is 8. The molecular formula is C17H32FN7OS. The van der Waals surface area contributed by atoms with Crippen molar-refractivity contribution in [2.75, 3.05) is 19.6 Å². The lowest BCUT2D eigenvalue weighted by Gasteiger charge is -2.38. The van der Waals surface area contributed by atoms with Gasteiger partial charge in [-0.3, -0.25) is 14.8 Å². The molecule has 0 aromatic rings. The Labute approximate surface area is 164 Å². The molecule has 4 aliphatic rings. The smallest absolute Gasteiger partial charge is 0.230 e. The molecule has 9 atom stereocenters. The van der Waals surface area contributed by atoms with Gasteiger partial charge in [0.1, 0.15) is 6.17 Å². The molecule has 0 saturated carbocycles. The van der Waals surface area contributed by atoms with Gasteiger partial charge in [0.15, 0.2) is 0 Å². The quantitative estimate of drug-likeness (QED) is 0.337. The average Bonchev–Trinajstić information content (AvgIpc) is 3.14. The molecule has 0 radical (unpaired) electrons. The molecule has 4 aliphatic heterocycles. The van der Waals surface area contributed by atoms with E-state index in [0.717, 1.165) is 6.54 Å². The van der Waals surface area contributed by atoms with Gasteiger partial charge in [-0.15, -0.1) is 0 Å². The molecule has 0 aromatic heterocycles.